The summed E-state index contributed by atoms with van der Waals surface area (Å²) in [5.74, 6) is 1.42. The molecule has 1 saturated heterocycles. The Morgan fingerprint density at radius 2 is 1.76 bits per heavy atom. The summed E-state index contributed by atoms with van der Waals surface area (Å²) >= 11 is 4.44. The third-order valence-corrected chi connectivity index (χ3v) is 6.89. The van der Waals surface area contributed by atoms with E-state index in [1.165, 1.54) is 43.2 Å². The van der Waals surface area contributed by atoms with Gasteiger partial charge in [0.2, 0.25) is 0 Å². The van der Waals surface area contributed by atoms with Crippen molar-refractivity contribution in [3.63, 3.8) is 0 Å². The van der Waals surface area contributed by atoms with Gasteiger partial charge >= 0.3 is 0 Å². The number of aryl methyl sites for hydroxylation is 1. The van der Waals surface area contributed by atoms with Gasteiger partial charge < -0.3 is 20.4 Å². The minimum Gasteiger partial charge on any atom is -0.370 e. The molecule has 0 aliphatic carbocycles. The van der Waals surface area contributed by atoms with Gasteiger partial charge in [0.1, 0.15) is 0 Å². The first-order chi connectivity index (χ1) is 18.4. The van der Waals surface area contributed by atoms with Crippen LogP contribution in [0.4, 0.5) is 0 Å². The summed E-state index contributed by atoms with van der Waals surface area (Å²) in [5, 5.41) is 8.48. The zero-order chi connectivity index (χ0) is 28.2. The van der Waals surface area contributed by atoms with E-state index in [1.807, 2.05) is 19.1 Å². The molecule has 2 heterocycles. The Labute approximate surface area is 239 Å². The second-order valence-electron chi connectivity index (χ2n) is 10.0. The predicted octanol–water partition coefficient (Wildman–Crippen LogP) is 6.13. The first kappa shape index (κ1) is 33.6. The second-order valence-corrected chi connectivity index (χ2v) is 10.7. The number of rotatable bonds is 12. The lowest BCUT2D eigenvalue weighted by molar-refractivity contribution is 0.381. The summed E-state index contributed by atoms with van der Waals surface area (Å²) < 4.78 is 0. The van der Waals surface area contributed by atoms with E-state index in [-0.39, 0.29) is 0 Å². The maximum atomic E-state index is 8.13. The van der Waals surface area contributed by atoms with E-state index in [9.17, 15) is 0 Å². The molecule has 7 heteroatoms. The van der Waals surface area contributed by atoms with E-state index in [0.717, 1.165) is 58.7 Å². The van der Waals surface area contributed by atoms with E-state index in [1.54, 1.807) is 6.08 Å². The lowest BCUT2D eigenvalue weighted by atomic mass is 10.1. The van der Waals surface area contributed by atoms with E-state index < -0.39 is 0 Å². The largest absolute Gasteiger partial charge is 0.370 e. The second kappa shape index (κ2) is 20.5. The first-order valence-electron chi connectivity index (χ1n) is 14.5. The molecule has 3 rings (SSSR count). The Morgan fingerprint density at radius 3 is 2.37 bits per heavy atom. The van der Waals surface area contributed by atoms with Crippen molar-refractivity contribution < 1.29 is 0 Å². The molecule has 1 aromatic rings. The number of allylic oxidation sites excluding steroid dienone is 3. The van der Waals surface area contributed by atoms with Crippen molar-refractivity contribution in [1.82, 2.24) is 14.7 Å². The Balaban J connectivity index is 0.000000327. The van der Waals surface area contributed by atoms with Crippen LogP contribution in [0.2, 0.25) is 0 Å². The Bertz CT molecular complexity index is 853. The molecular formula is C31H54N6S. The Hall–Kier alpha value is -2.41. The molecule has 1 fully saturated rings. The van der Waals surface area contributed by atoms with Gasteiger partial charge in [-0.2, -0.15) is 12.6 Å². The van der Waals surface area contributed by atoms with Gasteiger partial charge in [-0.25, -0.2) is 0 Å². The van der Waals surface area contributed by atoms with Gasteiger partial charge in [-0.15, -0.1) is 0 Å². The molecule has 1 unspecified atom stereocenters. The number of hydrogen-bond acceptors (Lipinski definition) is 5. The molecule has 0 radical (unpaired) electrons. The molecule has 3 N–H and O–H groups in total. The molecule has 0 bridgehead atoms. The topological polar surface area (TPSA) is 72.0 Å². The molecule has 6 nitrogen and oxygen atoms in total. The number of thiol groups is 1. The fourth-order valence-corrected chi connectivity index (χ4v) is 4.72. The maximum absolute atomic E-state index is 8.13. The maximum Gasteiger partial charge on any atom is 0.193 e. The van der Waals surface area contributed by atoms with Crippen LogP contribution in [0.5, 0.6) is 0 Å². The average Bonchev–Trinajstić information content (AvgIpc) is 3.25. The van der Waals surface area contributed by atoms with Gasteiger partial charge in [0, 0.05) is 44.5 Å². The van der Waals surface area contributed by atoms with Gasteiger partial charge in [-0.05, 0) is 38.7 Å². The smallest absolute Gasteiger partial charge is 0.193 e. The standard InChI is InChI=1S/C15H23N3.C11H23N3S.C5H8/c1-3-8-17-10-11-18(15(17)16)9-7-14-6-4-5-13(2)12-14;1-2-3-4-5-6-7-14-9-10(15)8-13-11(14)12;1-3-5-4-2/h4-6,12,16H,3,7-11H2,1-2H3;10,15H,2-9H2,1H3,(H2,12,13);3-5H,1H2,2H3/b;;5-4+. The number of guanidine groups is 2. The van der Waals surface area contributed by atoms with E-state index >= 15 is 0 Å². The van der Waals surface area contributed by atoms with Crippen LogP contribution in [-0.2, 0) is 6.42 Å². The van der Waals surface area contributed by atoms with Crippen LogP contribution in [0.1, 0.15) is 70.4 Å². The molecule has 0 saturated carbocycles. The number of nitrogens with two attached hydrogens (primary N) is 1. The molecule has 1 aromatic carbocycles. The van der Waals surface area contributed by atoms with E-state index in [4.69, 9.17) is 11.1 Å². The van der Waals surface area contributed by atoms with Gasteiger partial charge in [-0.3, -0.25) is 10.4 Å². The SMILES string of the molecule is C=C/C=C/C.CCCCCCCN1CC(S)CN=C1N.CCCN1CCN(CCc2cccc(C)c2)C1=N. The summed E-state index contributed by atoms with van der Waals surface area (Å²) in [6, 6.07) is 8.66. The molecule has 2 aliphatic heterocycles. The zero-order valence-electron chi connectivity index (χ0n) is 24.5. The van der Waals surface area contributed by atoms with Crippen LogP contribution in [-0.4, -0.2) is 77.7 Å². The molecule has 0 spiro atoms. The number of nitrogens with zero attached hydrogens (tertiary/aromatic N) is 4. The van der Waals surface area contributed by atoms with Gasteiger partial charge in [-0.1, -0.05) is 94.2 Å². The number of benzene rings is 1. The lowest BCUT2D eigenvalue weighted by Crippen LogP contribution is -2.45. The highest BCUT2D eigenvalue weighted by Crippen LogP contribution is 2.11. The van der Waals surface area contributed by atoms with Crippen molar-refractivity contribution in [2.45, 2.75) is 77.9 Å². The molecule has 1 atom stereocenters. The Kier molecular flexibility index (Phi) is 18.2. The van der Waals surface area contributed by atoms with Crippen LogP contribution in [0.25, 0.3) is 0 Å². The van der Waals surface area contributed by atoms with Gasteiger partial charge in [0.15, 0.2) is 11.9 Å². The quantitative estimate of drug-likeness (QED) is 0.169. The third-order valence-electron chi connectivity index (χ3n) is 6.56. The van der Waals surface area contributed by atoms with Crippen molar-refractivity contribution in [3.05, 3.63) is 60.2 Å². The number of nitrogens with one attached hydrogen (secondary N) is 1. The summed E-state index contributed by atoms with van der Waals surface area (Å²) in [7, 11) is 0. The summed E-state index contributed by atoms with van der Waals surface area (Å²) in [6.07, 6.45) is 14.2. The highest BCUT2D eigenvalue weighted by atomic mass is 32.1. The highest BCUT2D eigenvalue weighted by molar-refractivity contribution is 7.81. The molecule has 214 valence electrons. The van der Waals surface area contributed by atoms with Crippen LogP contribution in [0.15, 0.2) is 54.1 Å². The summed E-state index contributed by atoms with van der Waals surface area (Å²) in [4.78, 5) is 10.8. The van der Waals surface area contributed by atoms with Crippen LogP contribution >= 0.6 is 12.6 Å². The minimum atomic E-state index is 0.355. The number of aliphatic imine (C=N–C) groups is 1. The van der Waals surface area contributed by atoms with Crippen molar-refractivity contribution in [1.29, 1.82) is 5.41 Å². The van der Waals surface area contributed by atoms with E-state index in [0.29, 0.717) is 17.2 Å². The molecule has 0 amide bonds. The molecule has 2 aliphatic rings. The highest BCUT2D eigenvalue weighted by Gasteiger charge is 2.23. The normalized spacial score (nSPS) is 17.1. The average molecular weight is 543 g/mol. The molecule has 38 heavy (non-hydrogen) atoms. The molecular weight excluding hydrogens is 488 g/mol. The van der Waals surface area contributed by atoms with Crippen molar-refractivity contribution in [2.24, 2.45) is 10.7 Å². The van der Waals surface area contributed by atoms with E-state index in [2.05, 4.69) is 83.9 Å². The summed E-state index contributed by atoms with van der Waals surface area (Å²) in [6.45, 7) is 18.7. The minimum absolute atomic E-state index is 0.355. The fraction of sp³-hybridized carbons (Fsp3) is 0.613. The van der Waals surface area contributed by atoms with Crippen molar-refractivity contribution >= 4 is 24.5 Å². The van der Waals surface area contributed by atoms with Crippen LogP contribution in [0, 0.1) is 12.3 Å². The third kappa shape index (κ3) is 13.9. The fourth-order valence-electron chi connectivity index (χ4n) is 4.44. The van der Waals surface area contributed by atoms with Gasteiger partial charge in [0.05, 0.1) is 6.54 Å². The first-order valence-corrected chi connectivity index (χ1v) is 15.0. The Morgan fingerprint density at radius 1 is 1.05 bits per heavy atom. The molecule has 0 aromatic heterocycles. The van der Waals surface area contributed by atoms with Gasteiger partial charge in [0.25, 0.3) is 0 Å². The number of unbranched alkanes of at least 4 members (excludes halogenated alkanes) is 4. The van der Waals surface area contributed by atoms with Crippen molar-refractivity contribution in [2.75, 3.05) is 45.8 Å². The van der Waals surface area contributed by atoms with Crippen molar-refractivity contribution in [3.8, 4) is 0 Å². The van der Waals surface area contributed by atoms with Crippen LogP contribution in [0.3, 0.4) is 0 Å². The lowest BCUT2D eigenvalue weighted by Gasteiger charge is -2.29. The number of hydrogen-bond donors (Lipinski definition) is 3. The van der Waals surface area contributed by atoms with Crippen LogP contribution < -0.4 is 5.73 Å². The summed E-state index contributed by atoms with van der Waals surface area (Å²) in [5.41, 5.74) is 8.51. The monoisotopic (exact) mass is 542 g/mol. The zero-order valence-corrected chi connectivity index (χ0v) is 25.4. The predicted molar refractivity (Wildman–Crippen MR) is 171 cm³/mol.